The van der Waals surface area contributed by atoms with Crippen molar-refractivity contribution < 1.29 is 0 Å². The van der Waals surface area contributed by atoms with Gasteiger partial charge in [0.1, 0.15) is 9.34 Å². The Labute approximate surface area is 106 Å². The number of piperidine rings is 1. The van der Waals surface area contributed by atoms with Crippen LogP contribution in [0.15, 0.2) is 6.20 Å². The van der Waals surface area contributed by atoms with Gasteiger partial charge >= 0.3 is 0 Å². The first-order chi connectivity index (χ1) is 7.72. The van der Waals surface area contributed by atoms with Crippen LogP contribution in [-0.4, -0.2) is 37.1 Å². The molecule has 0 amide bonds. The smallest absolute Gasteiger partial charge is 0.113 e. The second kappa shape index (κ2) is 5.45. The Morgan fingerprint density at radius 1 is 1.69 bits per heavy atom. The van der Waals surface area contributed by atoms with Crippen LogP contribution in [-0.2, 0) is 0 Å². The first-order valence-electron chi connectivity index (χ1n) is 5.68. The SMILES string of the molecule is CNCC1CCCN(C)C1c1ncc(Cl)s1. The molecule has 5 heteroatoms. The van der Waals surface area contributed by atoms with E-state index in [4.69, 9.17) is 11.6 Å². The van der Waals surface area contributed by atoms with Crippen molar-refractivity contribution in [1.29, 1.82) is 0 Å². The van der Waals surface area contributed by atoms with Crippen LogP contribution in [0.25, 0.3) is 0 Å². The van der Waals surface area contributed by atoms with Crippen LogP contribution < -0.4 is 5.32 Å². The highest BCUT2D eigenvalue weighted by Gasteiger charge is 2.31. The zero-order valence-corrected chi connectivity index (χ0v) is 11.3. The summed E-state index contributed by atoms with van der Waals surface area (Å²) in [6.45, 7) is 2.20. The van der Waals surface area contributed by atoms with E-state index in [1.54, 1.807) is 17.5 Å². The van der Waals surface area contributed by atoms with Crippen molar-refractivity contribution in [2.24, 2.45) is 5.92 Å². The molecule has 1 aromatic rings. The third kappa shape index (κ3) is 2.56. The molecule has 0 radical (unpaired) electrons. The molecule has 0 saturated carbocycles. The molecular formula is C11H18ClN3S. The zero-order chi connectivity index (χ0) is 11.5. The van der Waals surface area contributed by atoms with Crippen molar-refractivity contribution in [3.05, 3.63) is 15.5 Å². The number of likely N-dealkylation sites (tertiary alicyclic amines) is 1. The molecule has 1 saturated heterocycles. The molecule has 1 N–H and O–H groups in total. The molecule has 16 heavy (non-hydrogen) atoms. The van der Waals surface area contributed by atoms with Crippen molar-refractivity contribution in [3.8, 4) is 0 Å². The van der Waals surface area contributed by atoms with Crippen LogP contribution in [0.1, 0.15) is 23.9 Å². The fourth-order valence-corrected chi connectivity index (χ4v) is 3.72. The summed E-state index contributed by atoms with van der Waals surface area (Å²) in [7, 11) is 4.20. The second-order valence-electron chi connectivity index (χ2n) is 4.39. The van der Waals surface area contributed by atoms with E-state index in [0.717, 1.165) is 22.4 Å². The van der Waals surface area contributed by atoms with Gasteiger partial charge in [-0.05, 0) is 45.9 Å². The van der Waals surface area contributed by atoms with Crippen molar-refractivity contribution in [2.75, 3.05) is 27.2 Å². The van der Waals surface area contributed by atoms with E-state index in [1.165, 1.54) is 12.8 Å². The third-order valence-corrected chi connectivity index (χ3v) is 4.41. The molecule has 2 heterocycles. The lowest BCUT2D eigenvalue weighted by Crippen LogP contribution is -2.39. The number of hydrogen-bond donors (Lipinski definition) is 1. The van der Waals surface area contributed by atoms with Crippen LogP contribution >= 0.6 is 22.9 Å². The molecule has 1 aliphatic rings. The molecule has 0 spiro atoms. The van der Waals surface area contributed by atoms with Gasteiger partial charge in [0, 0.05) is 0 Å². The molecule has 0 bridgehead atoms. The molecule has 2 atom stereocenters. The molecule has 2 rings (SSSR count). The van der Waals surface area contributed by atoms with Gasteiger partial charge in [-0.2, -0.15) is 0 Å². The fourth-order valence-electron chi connectivity index (χ4n) is 2.53. The molecule has 1 fully saturated rings. The normalized spacial score (nSPS) is 27.2. The van der Waals surface area contributed by atoms with E-state index in [-0.39, 0.29) is 0 Å². The number of nitrogens with one attached hydrogen (secondary N) is 1. The maximum Gasteiger partial charge on any atom is 0.113 e. The Hall–Kier alpha value is -0.160. The van der Waals surface area contributed by atoms with Gasteiger partial charge < -0.3 is 5.32 Å². The topological polar surface area (TPSA) is 28.2 Å². The molecule has 90 valence electrons. The van der Waals surface area contributed by atoms with E-state index in [0.29, 0.717) is 12.0 Å². The van der Waals surface area contributed by atoms with Crippen LogP contribution in [0.5, 0.6) is 0 Å². The average molecular weight is 260 g/mol. The molecule has 1 aromatic heterocycles. The predicted molar refractivity (Wildman–Crippen MR) is 69.1 cm³/mol. The monoisotopic (exact) mass is 259 g/mol. The summed E-state index contributed by atoms with van der Waals surface area (Å²) in [5.41, 5.74) is 0. The van der Waals surface area contributed by atoms with E-state index in [1.807, 2.05) is 7.05 Å². The highest BCUT2D eigenvalue weighted by molar-refractivity contribution is 7.15. The van der Waals surface area contributed by atoms with Gasteiger partial charge in [-0.15, -0.1) is 11.3 Å². The van der Waals surface area contributed by atoms with Crippen molar-refractivity contribution in [2.45, 2.75) is 18.9 Å². The summed E-state index contributed by atoms with van der Waals surface area (Å²) in [4.78, 5) is 6.84. The largest absolute Gasteiger partial charge is 0.319 e. The fraction of sp³-hybridized carbons (Fsp3) is 0.727. The number of aromatic nitrogens is 1. The lowest BCUT2D eigenvalue weighted by molar-refractivity contribution is 0.120. The van der Waals surface area contributed by atoms with E-state index >= 15 is 0 Å². The van der Waals surface area contributed by atoms with Crippen molar-refractivity contribution in [3.63, 3.8) is 0 Å². The summed E-state index contributed by atoms with van der Waals surface area (Å²) < 4.78 is 0.789. The van der Waals surface area contributed by atoms with Crippen molar-refractivity contribution >= 4 is 22.9 Å². The Morgan fingerprint density at radius 3 is 3.12 bits per heavy atom. The highest BCUT2D eigenvalue weighted by Crippen LogP contribution is 2.37. The first-order valence-corrected chi connectivity index (χ1v) is 6.88. The Morgan fingerprint density at radius 2 is 2.50 bits per heavy atom. The molecule has 0 aliphatic carbocycles. The van der Waals surface area contributed by atoms with Gasteiger partial charge in [-0.3, -0.25) is 4.90 Å². The minimum atomic E-state index is 0.429. The van der Waals surface area contributed by atoms with E-state index < -0.39 is 0 Å². The summed E-state index contributed by atoms with van der Waals surface area (Å²) in [6.07, 6.45) is 4.31. The van der Waals surface area contributed by atoms with Crippen LogP contribution in [0.3, 0.4) is 0 Å². The van der Waals surface area contributed by atoms with Gasteiger partial charge in [-0.25, -0.2) is 4.98 Å². The molecular weight excluding hydrogens is 242 g/mol. The highest BCUT2D eigenvalue weighted by atomic mass is 35.5. The van der Waals surface area contributed by atoms with Crippen molar-refractivity contribution in [1.82, 2.24) is 15.2 Å². The number of rotatable bonds is 3. The maximum absolute atomic E-state index is 5.97. The summed E-state index contributed by atoms with van der Waals surface area (Å²) >= 11 is 7.59. The third-order valence-electron chi connectivity index (χ3n) is 3.22. The first kappa shape index (κ1) is 12.3. The summed E-state index contributed by atoms with van der Waals surface area (Å²) in [6, 6.07) is 0.429. The van der Waals surface area contributed by atoms with Gasteiger partial charge in [0.15, 0.2) is 0 Å². The number of thiazole rings is 1. The zero-order valence-electron chi connectivity index (χ0n) is 9.74. The number of halogens is 1. The van der Waals surface area contributed by atoms with Gasteiger partial charge in [-0.1, -0.05) is 11.6 Å². The second-order valence-corrected chi connectivity index (χ2v) is 6.08. The number of nitrogens with zero attached hydrogens (tertiary/aromatic N) is 2. The standard InChI is InChI=1S/C11H18ClN3S/c1-13-6-8-4-3-5-15(2)10(8)11-14-7-9(12)16-11/h7-8,10,13H,3-6H2,1-2H3. The van der Waals surface area contributed by atoms with Crippen LogP contribution in [0.4, 0.5) is 0 Å². The lowest BCUT2D eigenvalue weighted by Gasteiger charge is -2.37. The molecule has 1 aliphatic heterocycles. The molecule has 0 aromatic carbocycles. The lowest BCUT2D eigenvalue weighted by atomic mass is 9.90. The minimum Gasteiger partial charge on any atom is -0.319 e. The summed E-state index contributed by atoms with van der Waals surface area (Å²) in [5, 5.41) is 4.44. The molecule has 2 unspecified atom stereocenters. The van der Waals surface area contributed by atoms with Gasteiger partial charge in [0.25, 0.3) is 0 Å². The quantitative estimate of drug-likeness (QED) is 0.904. The van der Waals surface area contributed by atoms with E-state index in [9.17, 15) is 0 Å². The Bertz CT molecular complexity index is 340. The van der Waals surface area contributed by atoms with Crippen LogP contribution in [0, 0.1) is 5.92 Å². The minimum absolute atomic E-state index is 0.429. The average Bonchev–Trinajstić information content (AvgIpc) is 2.65. The Balaban J connectivity index is 2.18. The van der Waals surface area contributed by atoms with Gasteiger partial charge in [0.05, 0.1) is 12.2 Å². The number of hydrogen-bond acceptors (Lipinski definition) is 4. The maximum atomic E-state index is 5.97. The predicted octanol–water partition coefficient (Wildman–Crippen LogP) is 2.40. The Kier molecular flexibility index (Phi) is 4.19. The summed E-state index contributed by atoms with van der Waals surface area (Å²) in [5.74, 6) is 0.644. The van der Waals surface area contributed by atoms with E-state index in [2.05, 4.69) is 22.2 Å². The van der Waals surface area contributed by atoms with Gasteiger partial charge in [0.2, 0.25) is 0 Å². The van der Waals surface area contributed by atoms with Crippen LogP contribution in [0.2, 0.25) is 4.34 Å². The molecule has 3 nitrogen and oxygen atoms in total.